The number of hydrogen-bond acceptors (Lipinski definition) is 7. The van der Waals surface area contributed by atoms with Gasteiger partial charge in [0.2, 0.25) is 0 Å². The standard InChI is InChI=1S/C29H35FN4O4S/c1-5-37-28(36)26-16(2)27(31-17(26)3)23(35)15-39-29-33-32-25(14-38-24-9-7-6-8-22(24)30)34(29)18(4)21-13-19-10-11-20(21)12-19/h6-9,18-21,31H,5,10-15H2,1-4H3/t18-,19+,20+,21+/m1/s1. The van der Waals surface area contributed by atoms with E-state index in [9.17, 15) is 14.0 Å². The van der Waals surface area contributed by atoms with Crippen LogP contribution in [-0.2, 0) is 11.3 Å². The number of ether oxygens (including phenoxy) is 2. The number of nitrogens with one attached hydrogen (secondary N) is 1. The third-order valence-corrected chi connectivity index (χ3v) is 9.22. The summed E-state index contributed by atoms with van der Waals surface area (Å²) >= 11 is 1.32. The second-order valence-corrected chi connectivity index (χ2v) is 11.6. The van der Waals surface area contributed by atoms with Crippen LogP contribution in [0.3, 0.4) is 0 Å². The van der Waals surface area contributed by atoms with Crippen LogP contribution >= 0.6 is 11.8 Å². The number of para-hydroxylation sites is 1. The smallest absolute Gasteiger partial charge is 0.340 e. The quantitative estimate of drug-likeness (QED) is 0.174. The molecule has 2 bridgehead atoms. The minimum Gasteiger partial charge on any atom is -0.483 e. The molecule has 10 heteroatoms. The van der Waals surface area contributed by atoms with E-state index in [1.807, 2.05) is 0 Å². The Hall–Kier alpha value is -3.14. The number of rotatable bonds is 11. The SMILES string of the molecule is CCOC(=O)c1c(C)[nH]c(C(=O)CSc2nnc(COc3ccccc3F)n2[C@H](C)[C@@H]2C[C@H]3CC[C@H]2C3)c1C. The van der Waals surface area contributed by atoms with Gasteiger partial charge in [-0.05, 0) is 82.4 Å². The largest absolute Gasteiger partial charge is 0.483 e. The maximum Gasteiger partial charge on any atom is 0.340 e. The number of benzene rings is 1. The van der Waals surface area contributed by atoms with Gasteiger partial charge in [-0.15, -0.1) is 10.2 Å². The van der Waals surface area contributed by atoms with Crippen LogP contribution in [0, 0.1) is 37.4 Å². The Bertz CT molecular complexity index is 1370. The van der Waals surface area contributed by atoms with Gasteiger partial charge in [0, 0.05) is 11.7 Å². The number of carbonyl (C=O) groups excluding carboxylic acids is 2. The Balaban J connectivity index is 1.36. The van der Waals surface area contributed by atoms with Crippen molar-refractivity contribution in [1.82, 2.24) is 19.7 Å². The first-order chi connectivity index (χ1) is 18.8. The molecule has 2 heterocycles. The Morgan fingerprint density at radius 3 is 2.69 bits per heavy atom. The number of Topliss-reactive ketones (excluding diaryl/α,β-unsaturated/α-hetero) is 1. The molecule has 0 radical (unpaired) electrons. The van der Waals surface area contributed by atoms with Crippen molar-refractivity contribution in [3.8, 4) is 5.75 Å². The zero-order chi connectivity index (χ0) is 27.7. The first-order valence-corrected chi connectivity index (χ1v) is 14.6. The number of esters is 1. The number of halogens is 1. The average Bonchev–Trinajstić information content (AvgIpc) is 3.70. The molecule has 0 spiro atoms. The Labute approximate surface area is 232 Å². The highest BCUT2D eigenvalue weighted by Gasteiger charge is 2.43. The van der Waals surface area contributed by atoms with E-state index in [1.54, 1.807) is 39.0 Å². The van der Waals surface area contributed by atoms with Crippen LogP contribution in [0.15, 0.2) is 29.4 Å². The van der Waals surface area contributed by atoms with E-state index in [0.717, 1.165) is 5.92 Å². The molecule has 2 aliphatic carbocycles. The zero-order valence-corrected chi connectivity index (χ0v) is 23.6. The molecular formula is C29H35FN4O4S. The molecule has 8 nitrogen and oxygen atoms in total. The number of hydrogen-bond donors (Lipinski definition) is 1. The summed E-state index contributed by atoms with van der Waals surface area (Å²) in [5.41, 5.74) is 2.01. The number of carbonyl (C=O) groups is 2. The van der Waals surface area contributed by atoms with Crippen LogP contribution in [-0.4, -0.2) is 43.9 Å². The van der Waals surface area contributed by atoms with E-state index in [0.29, 0.717) is 45.3 Å². The van der Waals surface area contributed by atoms with Crippen molar-refractivity contribution in [2.45, 2.75) is 71.2 Å². The lowest BCUT2D eigenvalue weighted by Crippen LogP contribution is -2.24. The second-order valence-electron chi connectivity index (χ2n) is 10.6. The van der Waals surface area contributed by atoms with Gasteiger partial charge in [-0.2, -0.15) is 0 Å². The molecule has 1 N–H and O–H groups in total. The highest BCUT2D eigenvalue weighted by atomic mass is 32.2. The number of aromatic amines is 1. The fourth-order valence-electron chi connectivity index (χ4n) is 6.43. The molecule has 0 amide bonds. The van der Waals surface area contributed by atoms with E-state index in [-0.39, 0.29) is 36.5 Å². The minimum absolute atomic E-state index is 0.0748. The van der Waals surface area contributed by atoms with Crippen molar-refractivity contribution < 1.29 is 23.5 Å². The van der Waals surface area contributed by atoms with Gasteiger partial charge < -0.3 is 14.5 Å². The van der Waals surface area contributed by atoms with Gasteiger partial charge in [0.05, 0.1) is 23.6 Å². The lowest BCUT2D eigenvalue weighted by Gasteiger charge is -2.30. The van der Waals surface area contributed by atoms with Crippen molar-refractivity contribution in [3.63, 3.8) is 0 Å². The van der Waals surface area contributed by atoms with Gasteiger partial charge in [-0.25, -0.2) is 9.18 Å². The summed E-state index contributed by atoms with van der Waals surface area (Å²) in [6.07, 6.45) is 5.00. The molecule has 5 rings (SSSR count). The summed E-state index contributed by atoms with van der Waals surface area (Å²) in [4.78, 5) is 28.7. The van der Waals surface area contributed by atoms with E-state index >= 15 is 0 Å². The van der Waals surface area contributed by atoms with Crippen molar-refractivity contribution in [1.29, 1.82) is 0 Å². The summed E-state index contributed by atoms with van der Waals surface area (Å²) in [5, 5.41) is 9.48. The molecule has 0 unspecified atom stereocenters. The molecule has 0 aliphatic heterocycles. The molecule has 2 saturated carbocycles. The maximum absolute atomic E-state index is 14.2. The fraction of sp³-hybridized carbons (Fsp3) is 0.517. The highest BCUT2D eigenvalue weighted by Crippen LogP contribution is 2.52. The van der Waals surface area contributed by atoms with Gasteiger partial charge in [-0.3, -0.25) is 9.36 Å². The van der Waals surface area contributed by atoms with Gasteiger partial charge in [0.1, 0.15) is 6.61 Å². The first-order valence-electron chi connectivity index (χ1n) is 13.6. The summed E-state index contributed by atoms with van der Waals surface area (Å²) in [6, 6.07) is 6.43. The highest BCUT2D eigenvalue weighted by molar-refractivity contribution is 7.99. The number of fused-ring (bicyclic) bond motifs is 2. The van der Waals surface area contributed by atoms with E-state index in [1.165, 1.54) is 43.5 Å². The molecule has 2 aliphatic rings. The van der Waals surface area contributed by atoms with Crippen LogP contribution in [0.4, 0.5) is 4.39 Å². The molecule has 2 aromatic heterocycles. The molecule has 208 valence electrons. The number of aryl methyl sites for hydroxylation is 1. The molecule has 4 atom stereocenters. The maximum atomic E-state index is 14.2. The predicted octanol–water partition coefficient (Wildman–Crippen LogP) is 6.09. The zero-order valence-electron chi connectivity index (χ0n) is 22.8. The van der Waals surface area contributed by atoms with Crippen LogP contribution in [0.2, 0.25) is 0 Å². The average molecular weight is 555 g/mol. The monoisotopic (exact) mass is 554 g/mol. The molecule has 1 aromatic carbocycles. The predicted molar refractivity (Wildman–Crippen MR) is 146 cm³/mol. The third kappa shape index (κ3) is 5.48. The van der Waals surface area contributed by atoms with E-state index in [2.05, 4.69) is 26.7 Å². The summed E-state index contributed by atoms with van der Waals surface area (Å²) < 4.78 is 27.2. The Morgan fingerprint density at radius 1 is 1.21 bits per heavy atom. The summed E-state index contributed by atoms with van der Waals surface area (Å²) in [6.45, 7) is 7.80. The molecule has 3 aromatic rings. The van der Waals surface area contributed by atoms with Gasteiger partial charge in [-0.1, -0.05) is 30.3 Å². The lowest BCUT2D eigenvalue weighted by molar-refractivity contribution is 0.0525. The normalized spacial score (nSPS) is 20.8. The van der Waals surface area contributed by atoms with Crippen LogP contribution in [0.25, 0.3) is 0 Å². The Kier molecular flexibility index (Phi) is 8.11. The van der Waals surface area contributed by atoms with E-state index in [4.69, 9.17) is 9.47 Å². The molecular weight excluding hydrogens is 519 g/mol. The lowest BCUT2D eigenvalue weighted by atomic mass is 9.84. The number of nitrogens with zero attached hydrogens (tertiary/aromatic N) is 3. The van der Waals surface area contributed by atoms with Gasteiger partial charge >= 0.3 is 5.97 Å². The van der Waals surface area contributed by atoms with Crippen molar-refractivity contribution >= 4 is 23.5 Å². The van der Waals surface area contributed by atoms with Gasteiger partial charge in [0.15, 0.2) is 28.3 Å². The first kappa shape index (κ1) is 27.4. The number of aromatic nitrogens is 4. The second kappa shape index (κ2) is 11.5. The Morgan fingerprint density at radius 2 is 2.00 bits per heavy atom. The van der Waals surface area contributed by atoms with Crippen molar-refractivity contribution in [2.24, 2.45) is 17.8 Å². The van der Waals surface area contributed by atoms with Crippen LogP contribution in [0.1, 0.15) is 83.5 Å². The van der Waals surface area contributed by atoms with Crippen LogP contribution in [0.5, 0.6) is 5.75 Å². The number of thioether (sulfide) groups is 1. The number of ketones is 1. The van der Waals surface area contributed by atoms with E-state index < -0.39 is 11.8 Å². The molecule has 0 saturated heterocycles. The third-order valence-electron chi connectivity index (χ3n) is 8.28. The van der Waals surface area contributed by atoms with Crippen molar-refractivity contribution in [3.05, 3.63) is 58.4 Å². The molecule has 2 fully saturated rings. The van der Waals surface area contributed by atoms with Crippen LogP contribution < -0.4 is 4.74 Å². The molecule has 39 heavy (non-hydrogen) atoms. The fourth-order valence-corrected chi connectivity index (χ4v) is 7.35. The van der Waals surface area contributed by atoms with Gasteiger partial charge in [0.25, 0.3) is 0 Å². The summed E-state index contributed by atoms with van der Waals surface area (Å²) in [7, 11) is 0. The number of H-pyrrole nitrogens is 1. The minimum atomic E-state index is -0.436. The summed E-state index contributed by atoms with van der Waals surface area (Å²) in [5.74, 6) is 1.86. The topological polar surface area (TPSA) is 99.1 Å². The van der Waals surface area contributed by atoms with Crippen molar-refractivity contribution in [2.75, 3.05) is 12.4 Å².